The standard InChI is InChI=1S/C20H24N6O/c1-14-17(15(2)24(3)23-14)9-10-19(27)25-11-6-7-16(13-25)20-22-21-18-8-4-5-12-26(18)20/h4-5,8-10,12,16H,6-7,11,13H2,1-3H3/b10-9+. The van der Waals surface area contributed by atoms with E-state index in [9.17, 15) is 4.79 Å². The Balaban J connectivity index is 1.51. The van der Waals surface area contributed by atoms with Crippen LogP contribution < -0.4 is 0 Å². The summed E-state index contributed by atoms with van der Waals surface area (Å²) in [5.41, 5.74) is 3.86. The van der Waals surface area contributed by atoms with Crippen LogP contribution in [-0.4, -0.2) is 48.3 Å². The van der Waals surface area contributed by atoms with E-state index in [1.54, 1.807) is 6.08 Å². The van der Waals surface area contributed by atoms with E-state index in [0.29, 0.717) is 6.54 Å². The molecule has 1 unspecified atom stereocenters. The van der Waals surface area contributed by atoms with Crippen LogP contribution in [0.1, 0.15) is 41.5 Å². The maximum absolute atomic E-state index is 12.7. The van der Waals surface area contributed by atoms with Gasteiger partial charge in [0.25, 0.3) is 0 Å². The third-order valence-corrected chi connectivity index (χ3v) is 5.40. The third-order valence-electron chi connectivity index (χ3n) is 5.40. The van der Waals surface area contributed by atoms with Gasteiger partial charge in [-0.1, -0.05) is 6.07 Å². The molecular weight excluding hydrogens is 340 g/mol. The van der Waals surface area contributed by atoms with Crippen molar-refractivity contribution in [3.8, 4) is 0 Å². The molecule has 140 valence electrons. The molecule has 0 radical (unpaired) electrons. The fourth-order valence-corrected chi connectivity index (χ4v) is 3.82. The normalized spacial score (nSPS) is 17.9. The Morgan fingerprint density at radius 3 is 2.89 bits per heavy atom. The van der Waals surface area contributed by atoms with Crippen LogP contribution in [0, 0.1) is 13.8 Å². The van der Waals surface area contributed by atoms with Crippen LogP contribution in [0.5, 0.6) is 0 Å². The summed E-state index contributed by atoms with van der Waals surface area (Å²) in [4.78, 5) is 14.7. The summed E-state index contributed by atoms with van der Waals surface area (Å²) in [6, 6.07) is 5.88. The number of aromatic nitrogens is 5. The lowest BCUT2D eigenvalue weighted by Gasteiger charge is -2.31. The van der Waals surface area contributed by atoms with E-state index in [0.717, 1.165) is 47.8 Å². The molecule has 1 fully saturated rings. The van der Waals surface area contributed by atoms with Crippen molar-refractivity contribution in [3.05, 3.63) is 53.2 Å². The van der Waals surface area contributed by atoms with E-state index in [2.05, 4.69) is 15.3 Å². The molecule has 3 aromatic heterocycles. The molecule has 7 nitrogen and oxygen atoms in total. The summed E-state index contributed by atoms with van der Waals surface area (Å²) in [7, 11) is 1.92. The largest absolute Gasteiger partial charge is 0.338 e. The maximum Gasteiger partial charge on any atom is 0.246 e. The van der Waals surface area contributed by atoms with Crippen LogP contribution in [0.4, 0.5) is 0 Å². The molecule has 0 saturated carbocycles. The molecule has 1 saturated heterocycles. The lowest BCUT2D eigenvalue weighted by molar-refractivity contribution is -0.127. The molecule has 1 aliphatic heterocycles. The minimum Gasteiger partial charge on any atom is -0.338 e. The first-order valence-electron chi connectivity index (χ1n) is 9.31. The lowest BCUT2D eigenvalue weighted by Crippen LogP contribution is -2.38. The van der Waals surface area contributed by atoms with Crippen molar-refractivity contribution in [2.45, 2.75) is 32.6 Å². The van der Waals surface area contributed by atoms with Gasteiger partial charge >= 0.3 is 0 Å². The topological polar surface area (TPSA) is 68.3 Å². The minimum absolute atomic E-state index is 0.0381. The average molecular weight is 364 g/mol. The van der Waals surface area contributed by atoms with Crippen molar-refractivity contribution in [1.29, 1.82) is 0 Å². The average Bonchev–Trinajstić information content (AvgIpc) is 3.21. The molecule has 4 rings (SSSR count). The number of rotatable bonds is 3. The molecule has 7 heteroatoms. The SMILES string of the molecule is Cc1nn(C)c(C)c1/C=C/C(=O)N1CCCC(c2nnc3ccccn23)C1. The second kappa shape index (κ2) is 6.98. The molecular formula is C20H24N6O. The predicted molar refractivity (Wildman–Crippen MR) is 103 cm³/mol. The van der Waals surface area contributed by atoms with E-state index in [1.165, 1.54) is 0 Å². The van der Waals surface area contributed by atoms with Gasteiger partial charge in [-0.25, -0.2) is 0 Å². The Morgan fingerprint density at radius 2 is 2.11 bits per heavy atom. The van der Waals surface area contributed by atoms with Crippen LogP contribution in [0.25, 0.3) is 11.7 Å². The number of nitrogens with zero attached hydrogens (tertiary/aromatic N) is 6. The van der Waals surface area contributed by atoms with Crippen molar-refractivity contribution in [2.75, 3.05) is 13.1 Å². The molecule has 0 bridgehead atoms. The Morgan fingerprint density at radius 1 is 1.26 bits per heavy atom. The summed E-state index contributed by atoms with van der Waals surface area (Å²) >= 11 is 0. The van der Waals surface area contributed by atoms with Gasteiger partial charge in [0, 0.05) is 49.6 Å². The number of aryl methyl sites for hydroxylation is 2. The van der Waals surface area contributed by atoms with Crippen LogP contribution >= 0.6 is 0 Å². The highest BCUT2D eigenvalue weighted by Crippen LogP contribution is 2.26. The van der Waals surface area contributed by atoms with Gasteiger partial charge in [-0.15, -0.1) is 10.2 Å². The molecule has 0 aromatic carbocycles. The van der Waals surface area contributed by atoms with Crippen molar-refractivity contribution in [1.82, 2.24) is 29.3 Å². The Labute approximate surface area is 158 Å². The van der Waals surface area contributed by atoms with Gasteiger partial charge in [0.1, 0.15) is 5.82 Å². The van der Waals surface area contributed by atoms with E-state index in [-0.39, 0.29) is 11.8 Å². The van der Waals surface area contributed by atoms with Gasteiger partial charge in [-0.3, -0.25) is 13.9 Å². The number of hydrogen-bond donors (Lipinski definition) is 0. The van der Waals surface area contributed by atoms with Gasteiger partial charge in [0.2, 0.25) is 5.91 Å². The summed E-state index contributed by atoms with van der Waals surface area (Å²) in [6.07, 6.45) is 7.53. The summed E-state index contributed by atoms with van der Waals surface area (Å²) in [5.74, 6) is 1.18. The van der Waals surface area contributed by atoms with E-state index in [4.69, 9.17) is 0 Å². The molecule has 0 aliphatic carbocycles. The molecule has 3 aromatic rings. The van der Waals surface area contributed by atoms with Gasteiger partial charge in [0.15, 0.2) is 5.65 Å². The Kier molecular flexibility index (Phi) is 4.51. The Bertz CT molecular complexity index is 1010. The smallest absolute Gasteiger partial charge is 0.246 e. The zero-order valence-corrected chi connectivity index (χ0v) is 16.0. The molecule has 1 aliphatic rings. The number of pyridine rings is 1. The molecule has 4 heterocycles. The number of likely N-dealkylation sites (tertiary alicyclic amines) is 1. The quantitative estimate of drug-likeness (QED) is 0.670. The number of amides is 1. The van der Waals surface area contributed by atoms with Crippen LogP contribution in [-0.2, 0) is 11.8 Å². The van der Waals surface area contributed by atoms with Crippen LogP contribution in [0.15, 0.2) is 30.5 Å². The van der Waals surface area contributed by atoms with E-state index in [1.807, 2.05) is 65.3 Å². The molecule has 1 amide bonds. The third kappa shape index (κ3) is 3.25. The summed E-state index contributed by atoms with van der Waals surface area (Å²) in [5, 5.41) is 13.0. The van der Waals surface area contributed by atoms with E-state index >= 15 is 0 Å². The fourth-order valence-electron chi connectivity index (χ4n) is 3.82. The second-order valence-electron chi connectivity index (χ2n) is 7.15. The summed E-state index contributed by atoms with van der Waals surface area (Å²) < 4.78 is 3.86. The highest BCUT2D eigenvalue weighted by molar-refractivity contribution is 5.92. The first-order chi connectivity index (χ1) is 13.0. The van der Waals surface area contributed by atoms with Gasteiger partial charge in [0.05, 0.1) is 5.69 Å². The minimum atomic E-state index is 0.0381. The zero-order valence-electron chi connectivity index (χ0n) is 16.0. The van der Waals surface area contributed by atoms with Crippen LogP contribution in [0.3, 0.4) is 0 Å². The first kappa shape index (κ1) is 17.5. The van der Waals surface area contributed by atoms with E-state index < -0.39 is 0 Å². The molecule has 0 spiro atoms. The van der Waals surface area contributed by atoms with Crippen LogP contribution in [0.2, 0.25) is 0 Å². The molecule has 1 atom stereocenters. The van der Waals surface area contributed by atoms with Gasteiger partial charge in [-0.2, -0.15) is 5.10 Å². The number of carbonyl (C=O) groups is 1. The van der Waals surface area contributed by atoms with Crippen molar-refractivity contribution < 1.29 is 4.79 Å². The predicted octanol–water partition coefficient (Wildman–Crippen LogP) is 2.50. The van der Waals surface area contributed by atoms with Gasteiger partial charge < -0.3 is 4.90 Å². The van der Waals surface area contributed by atoms with Gasteiger partial charge in [-0.05, 0) is 44.9 Å². The number of hydrogen-bond acceptors (Lipinski definition) is 4. The number of fused-ring (bicyclic) bond motifs is 1. The van der Waals surface area contributed by atoms with Crippen molar-refractivity contribution in [2.24, 2.45) is 7.05 Å². The number of carbonyl (C=O) groups excluding carboxylic acids is 1. The fraction of sp³-hybridized carbons (Fsp3) is 0.400. The monoisotopic (exact) mass is 364 g/mol. The highest BCUT2D eigenvalue weighted by Gasteiger charge is 2.27. The maximum atomic E-state index is 12.7. The molecule has 27 heavy (non-hydrogen) atoms. The van der Waals surface area contributed by atoms with Crippen molar-refractivity contribution >= 4 is 17.6 Å². The zero-order chi connectivity index (χ0) is 19.0. The Hall–Kier alpha value is -2.96. The second-order valence-corrected chi connectivity index (χ2v) is 7.15. The molecule has 0 N–H and O–H groups in total. The first-order valence-corrected chi connectivity index (χ1v) is 9.31. The van der Waals surface area contributed by atoms with Crippen molar-refractivity contribution in [3.63, 3.8) is 0 Å². The highest BCUT2D eigenvalue weighted by atomic mass is 16.2. The summed E-state index contributed by atoms with van der Waals surface area (Å²) in [6.45, 7) is 5.42. The number of piperidine rings is 1. The lowest BCUT2D eigenvalue weighted by atomic mass is 9.97.